The van der Waals surface area contributed by atoms with Gasteiger partial charge in [-0.2, -0.15) is 0 Å². The summed E-state index contributed by atoms with van der Waals surface area (Å²) in [6.45, 7) is 14.2. The molecule has 0 aromatic heterocycles. The Bertz CT molecular complexity index is 3380. The van der Waals surface area contributed by atoms with E-state index < -0.39 is 230 Å². The number of esters is 3. The second kappa shape index (κ2) is 15.7. The monoisotopic (exact) mass is 1180 g/mol. The second-order valence-electron chi connectivity index (χ2n) is 20.9. The highest BCUT2D eigenvalue weighted by Gasteiger charge is 2.66. The molecule has 0 unspecified atom stereocenters. The van der Waals surface area contributed by atoms with Crippen LogP contribution in [0.5, 0.6) is 34.5 Å². The molecule has 0 fully saturated rings. The normalized spacial score (nSPS) is 23.5. The zero-order valence-electron chi connectivity index (χ0n) is 43.4. The van der Waals surface area contributed by atoms with Gasteiger partial charge in [0, 0.05) is 22.6 Å². The van der Waals surface area contributed by atoms with Crippen molar-refractivity contribution in [3.8, 4) is 34.5 Å². The summed E-state index contributed by atoms with van der Waals surface area (Å²) < 4.78 is 241. The molecule has 9 rings (SSSR count). The van der Waals surface area contributed by atoms with Crippen molar-refractivity contribution in [3.63, 3.8) is 0 Å². The molecule has 0 saturated carbocycles. The van der Waals surface area contributed by atoms with Crippen molar-refractivity contribution in [2.75, 3.05) is 19.8 Å². The van der Waals surface area contributed by atoms with Crippen molar-refractivity contribution in [3.05, 3.63) is 33.4 Å². The van der Waals surface area contributed by atoms with E-state index in [1.54, 1.807) is 0 Å². The standard InChI is InChI=1S/C46H52O24S6/c1-16-62-38(47)23-26-32(71(50,51)41(4,5)65-26)20(33-27(23)66-42(6,7)72(33,52)53)19(21-34-28(67-43(8,9)73(34,54)55)24(39(48)63-17-2)29-35(21)74(56,57)44(10,11)68-29)22-36-30(69-45(12,13)75(36,58)59)25(40(49)64-18-3)31-37(22)76(60,61)46(14,15)70-31/h19H,16-18H2,1-15H3. The van der Waals surface area contributed by atoms with E-state index in [2.05, 4.69) is 0 Å². The SMILES string of the molecule is CCOC(=O)c1c2c(c(C(c3c4c(c(C(=O)OCC)c5c3S(=O)(=O)C(C)(C)O5)OC(C)(C)S4(=O)=O)c3c4c(c(C(=O)OCC)c5c3S(=O)(=O)C(C)(C)O5)OC(C)(C)S4(=O)=O)c3c1OC(C)(C)S3(=O)=O)S(=O)(=O)C(C)(C)O2. The van der Waals surface area contributed by atoms with Crippen LogP contribution in [0.1, 0.15) is 158 Å². The van der Waals surface area contributed by atoms with E-state index in [1.165, 1.54) is 20.8 Å². The Morgan fingerprint density at radius 2 is 0.474 bits per heavy atom. The molecule has 416 valence electrons. The highest BCUT2D eigenvalue weighted by atomic mass is 32.2. The molecule has 30 heteroatoms. The second-order valence-corrected chi connectivity index (χ2v) is 35.3. The number of ether oxygens (including phenoxy) is 9. The molecule has 24 nitrogen and oxygen atoms in total. The van der Waals surface area contributed by atoms with E-state index in [0.29, 0.717) is 0 Å². The minimum absolute atomic E-state index is 0.433. The van der Waals surface area contributed by atoms with E-state index >= 15 is 50.5 Å². The molecule has 0 aliphatic carbocycles. The average molecular weight is 1180 g/mol. The van der Waals surface area contributed by atoms with Gasteiger partial charge in [-0.1, -0.05) is 0 Å². The molecular weight excluding hydrogens is 1130 g/mol. The number of hydrogen-bond acceptors (Lipinski definition) is 24. The number of benzene rings is 3. The molecule has 6 aliphatic rings. The van der Waals surface area contributed by atoms with Crippen LogP contribution in [0.4, 0.5) is 0 Å². The minimum Gasteiger partial charge on any atom is -0.469 e. The average Bonchev–Trinajstić information content (AvgIpc) is 3.85. The van der Waals surface area contributed by atoms with Crippen LogP contribution in [0, 0.1) is 0 Å². The summed E-state index contributed by atoms with van der Waals surface area (Å²) in [6.07, 6.45) is 0. The Labute approximate surface area is 438 Å². The van der Waals surface area contributed by atoms with Crippen LogP contribution in [0.3, 0.4) is 0 Å². The molecule has 3 aromatic rings. The molecule has 3 aromatic carbocycles. The minimum atomic E-state index is -5.50. The van der Waals surface area contributed by atoms with E-state index in [9.17, 15) is 14.4 Å². The highest BCUT2D eigenvalue weighted by molar-refractivity contribution is 7.95. The van der Waals surface area contributed by atoms with Gasteiger partial charge < -0.3 is 42.6 Å². The van der Waals surface area contributed by atoms with Crippen molar-refractivity contribution in [2.45, 2.75) is 169 Å². The van der Waals surface area contributed by atoms with Gasteiger partial charge in [0.25, 0.3) is 0 Å². The quantitative estimate of drug-likeness (QED) is 0.158. The predicted octanol–water partition coefficient (Wildman–Crippen LogP) is 4.81. The molecule has 0 amide bonds. The van der Waals surface area contributed by atoms with Crippen molar-refractivity contribution in [1.82, 2.24) is 0 Å². The molecule has 6 heterocycles. The lowest BCUT2D eigenvalue weighted by atomic mass is 9.82. The fourth-order valence-electron chi connectivity index (χ4n) is 9.88. The molecular formula is C46H52O24S6. The maximum absolute atomic E-state index is 15.7. The lowest BCUT2D eigenvalue weighted by molar-refractivity contribution is 0.0499. The number of hydrogen-bond donors (Lipinski definition) is 0. The van der Waals surface area contributed by atoms with E-state index in [-0.39, 0.29) is 0 Å². The third-order valence-electron chi connectivity index (χ3n) is 14.0. The Hall–Kier alpha value is -5.43. The molecule has 6 aliphatic heterocycles. The van der Waals surface area contributed by atoms with E-state index in [0.717, 1.165) is 83.1 Å². The van der Waals surface area contributed by atoms with Gasteiger partial charge in [-0.3, -0.25) is 0 Å². The molecule has 0 radical (unpaired) electrons. The van der Waals surface area contributed by atoms with Gasteiger partial charge >= 0.3 is 17.9 Å². The first kappa shape index (κ1) is 55.3. The van der Waals surface area contributed by atoms with Gasteiger partial charge in [-0.25, -0.2) is 64.9 Å². The topological polar surface area (TPSA) is 339 Å². The van der Waals surface area contributed by atoms with Gasteiger partial charge in [0.15, 0.2) is 34.5 Å². The van der Waals surface area contributed by atoms with E-state index in [1.807, 2.05) is 0 Å². The molecule has 76 heavy (non-hydrogen) atoms. The highest BCUT2D eigenvalue weighted by Crippen LogP contribution is 2.68. The number of fused-ring (bicyclic) bond motifs is 6. The molecule has 0 atom stereocenters. The van der Waals surface area contributed by atoms with Gasteiger partial charge in [-0.15, -0.1) is 0 Å². The first-order valence-electron chi connectivity index (χ1n) is 23.2. The number of rotatable bonds is 9. The van der Waals surface area contributed by atoms with Crippen LogP contribution in [-0.4, -0.2) is 118 Å². The van der Waals surface area contributed by atoms with Gasteiger partial charge in [0.2, 0.25) is 88.6 Å². The molecule has 0 spiro atoms. The van der Waals surface area contributed by atoms with Crippen LogP contribution in [-0.2, 0) is 73.2 Å². The molecule has 0 N–H and O–H groups in total. The maximum atomic E-state index is 15.7. The Morgan fingerprint density at radius 1 is 0.329 bits per heavy atom. The maximum Gasteiger partial charge on any atom is 0.345 e. The summed E-state index contributed by atoms with van der Waals surface area (Å²) in [6, 6.07) is 0. The van der Waals surface area contributed by atoms with Crippen LogP contribution in [0.15, 0.2) is 29.4 Å². The number of sulfone groups is 6. The fourth-order valence-corrected chi connectivity index (χ4v) is 19.6. The molecule has 0 saturated heterocycles. The largest absolute Gasteiger partial charge is 0.469 e. The van der Waals surface area contributed by atoms with Gasteiger partial charge in [-0.05, 0) is 104 Å². The zero-order chi connectivity index (χ0) is 57.2. The predicted molar refractivity (Wildman–Crippen MR) is 259 cm³/mol. The first-order valence-corrected chi connectivity index (χ1v) is 32.1. The summed E-state index contributed by atoms with van der Waals surface area (Å²) in [7, 11) is -33.0. The van der Waals surface area contributed by atoms with Crippen LogP contribution in [0.25, 0.3) is 0 Å². The first-order chi connectivity index (χ1) is 34.4. The summed E-state index contributed by atoms with van der Waals surface area (Å²) in [5, 5.41) is 0. The summed E-state index contributed by atoms with van der Waals surface area (Å²) in [5.41, 5.74) is -7.01. The fraction of sp³-hybridized carbons (Fsp3) is 0.543. The third-order valence-corrected chi connectivity index (χ3v) is 27.9. The van der Waals surface area contributed by atoms with Crippen molar-refractivity contribution >= 4 is 76.9 Å². The smallest absolute Gasteiger partial charge is 0.345 e. The summed E-state index contributed by atoms with van der Waals surface area (Å²) >= 11 is 0. The number of carbonyl (C=O) groups is 3. The lowest BCUT2D eigenvalue weighted by Gasteiger charge is -2.29. The molecule has 0 bridgehead atoms. The van der Waals surface area contributed by atoms with E-state index in [4.69, 9.17) is 42.6 Å². The Balaban J connectivity index is 1.75. The van der Waals surface area contributed by atoms with Gasteiger partial charge in [0.1, 0.15) is 46.1 Å². The van der Waals surface area contributed by atoms with Crippen molar-refractivity contribution in [1.29, 1.82) is 0 Å². The van der Waals surface area contributed by atoms with Crippen molar-refractivity contribution in [2.24, 2.45) is 0 Å². The summed E-state index contributed by atoms with van der Waals surface area (Å²) in [4.78, 5) is 19.3. The Kier molecular flexibility index (Phi) is 11.4. The summed E-state index contributed by atoms with van der Waals surface area (Å²) in [5.74, 6) is -13.8. The zero-order valence-corrected chi connectivity index (χ0v) is 48.3. The Morgan fingerprint density at radius 3 is 0.605 bits per heavy atom. The third kappa shape index (κ3) is 6.49. The lowest BCUT2D eigenvalue weighted by Crippen LogP contribution is -2.36. The van der Waals surface area contributed by atoms with Gasteiger partial charge in [0.05, 0.1) is 19.8 Å². The van der Waals surface area contributed by atoms with Crippen molar-refractivity contribution < 1.29 is 108 Å². The number of carbonyl (C=O) groups excluding carboxylic acids is 3. The van der Waals surface area contributed by atoms with Crippen LogP contribution < -0.4 is 28.4 Å². The van der Waals surface area contributed by atoms with Crippen LogP contribution in [0.2, 0.25) is 0 Å². The van der Waals surface area contributed by atoms with Crippen LogP contribution >= 0.6 is 0 Å².